The Kier molecular flexibility index (Phi) is 5.38. The predicted molar refractivity (Wildman–Crippen MR) is 102 cm³/mol. The van der Waals surface area contributed by atoms with E-state index in [4.69, 9.17) is 9.47 Å². The molecule has 7 nitrogen and oxygen atoms in total. The van der Waals surface area contributed by atoms with Gasteiger partial charge in [-0.2, -0.15) is 0 Å². The Balaban J connectivity index is 1.82. The minimum absolute atomic E-state index is 0.00257. The molecule has 0 saturated carbocycles. The summed E-state index contributed by atoms with van der Waals surface area (Å²) in [6.07, 6.45) is -0.176. The first-order valence-electron chi connectivity index (χ1n) is 8.57. The van der Waals surface area contributed by atoms with Crippen LogP contribution in [0.5, 0.6) is 11.5 Å². The van der Waals surface area contributed by atoms with Gasteiger partial charge in [0.25, 0.3) is 5.91 Å². The molecular formula is C19H22N2O5S. The zero-order valence-corrected chi connectivity index (χ0v) is 16.2. The van der Waals surface area contributed by atoms with Crippen LogP contribution in [0.3, 0.4) is 0 Å². The van der Waals surface area contributed by atoms with E-state index in [1.54, 1.807) is 19.1 Å². The zero-order valence-electron chi connectivity index (χ0n) is 15.4. The molecule has 0 fully saturated rings. The molecule has 8 heteroatoms. The molecule has 27 heavy (non-hydrogen) atoms. The maximum absolute atomic E-state index is 12.6. The molecule has 1 aliphatic heterocycles. The fourth-order valence-electron chi connectivity index (χ4n) is 2.81. The number of carbonyl (C=O) groups is 1. The molecule has 0 radical (unpaired) electrons. The smallest absolute Gasteiger partial charge is 0.265 e. The van der Waals surface area contributed by atoms with Crippen LogP contribution in [0.1, 0.15) is 12.5 Å². The Bertz CT molecular complexity index is 931. The molecule has 144 valence electrons. The van der Waals surface area contributed by atoms with E-state index in [0.717, 1.165) is 9.87 Å². The lowest BCUT2D eigenvalue weighted by atomic mass is 10.1. The molecule has 0 aromatic heterocycles. The van der Waals surface area contributed by atoms with Crippen molar-refractivity contribution in [3.63, 3.8) is 0 Å². The van der Waals surface area contributed by atoms with Gasteiger partial charge in [0.1, 0.15) is 16.4 Å². The predicted octanol–water partition coefficient (Wildman–Crippen LogP) is 2.28. The Morgan fingerprint density at radius 3 is 2.67 bits per heavy atom. The number of ether oxygens (including phenoxy) is 2. The van der Waals surface area contributed by atoms with Gasteiger partial charge in [0.15, 0.2) is 6.10 Å². The van der Waals surface area contributed by atoms with Gasteiger partial charge in [0, 0.05) is 26.2 Å². The van der Waals surface area contributed by atoms with E-state index >= 15 is 0 Å². The van der Waals surface area contributed by atoms with Gasteiger partial charge in [-0.3, -0.25) is 4.79 Å². The Labute approximate surface area is 158 Å². The van der Waals surface area contributed by atoms with Crippen LogP contribution in [-0.4, -0.2) is 45.4 Å². The molecule has 2 aromatic carbocycles. The van der Waals surface area contributed by atoms with Crippen LogP contribution >= 0.6 is 0 Å². The zero-order chi connectivity index (χ0) is 19.6. The highest BCUT2D eigenvalue weighted by molar-refractivity contribution is 7.89. The van der Waals surface area contributed by atoms with Gasteiger partial charge in [-0.25, -0.2) is 12.7 Å². The van der Waals surface area contributed by atoms with Crippen molar-refractivity contribution in [2.45, 2.75) is 24.3 Å². The molecule has 3 rings (SSSR count). The molecule has 0 aliphatic carbocycles. The molecule has 1 atom stereocenters. The summed E-state index contributed by atoms with van der Waals surface area (Å²) in [5.74, 6) is 0.609. The molecule has 1 unspecified atom stereocenters. The summed E-state index contributed by atoms with van der Waals surface area (Å²) in [5.41, 5.74) is 1.34. The minimum Gasteiger partial charge on any atom is -0.492 e. The highest BCUT2D eigenvalue weighted by Gasteiger charge is 2.29. The molecule has 1 N–H and O–H groups in total. The van der Waals surface area contributed by atoms with Crippen molar-refractivity contribution in [2.75, 3.05) is 26.0 Å². The number of para-hydroxylation sites is 1. The minimum atomic E-state index is -3.72. The first-order chi connectivity index (χ1) is 12.8. The number of nitrogens with zero attached hydrogens (tertiary/aromatic N) is 1. The van der Waals surface area contributed by atoms with Gasteiger partial charge in [-0.05, 0) is 36.8 Å². The van der Waals surface area contributed by atoms with E-state index in [2.05, 4.69) is 5.32 Å². The number of fused-ring (bicyclic) bond motifs is 1. The molecule has 0 saturated heterocycles. The highest BCUT2D eigenvalue weighted by atomic mass is 32.2. The molecule has 2 aromatic rings. The summed E-state index contributed by atoms with van der Waals surface area (Å²) in [7, 11) is -0.836. The second kappa shape index (κ2) is 7.58. The van der Waals surface area contributed by atoms with Crippen LogP contribution in [0.25, 0.3) is 0 Å². The fraction of sp³-hybridized carbons (Fsp3) is 0.316. The van der Waals surface area contributed by atoms with E-state index in [9.17, 15) is 13.2 Å². The van der Waals surface area contributed by atoms with E-state index < -0.39 is 16.1 Å². The fourth-order valence-corrected chi connectivity index (χ4v) is 3.86. The SMILES string of the molecule is CCOc1ccc(NC(=O)C2Cc3ccccc3O2)cc1S(=O)(=O)N(C)C. The third-order valence-electron chi connectivity index (χ3n) is 4.21. The van der Waals surface area contributed by atoms with Gasteiger partial charge >= 0.3 is 0 Å². The number of carbonyl (C=O) groups excluding carboxylic acids is 1. The van der Waals surface area contributed by atoms with Crippen molar-refractivity contribution >= 4 is 21.6 Å². The van der Waals surface area contributed by atoms with Gasteiger partial charge in [-0.1, -0.05) is 18.2 Å². The molecule has 0 bridgehead atoms. The Morgan fingerprint density at radius 1 is 1.26 bits per heavy atom. The van der Waals surface area contributed by atoms with Gasteiger partial charge < -0.3 is 14.8 Å². The van der Waals surface area contributed by atoms with Crippen LogP contribution in [0.15, 0.2) is 47.4 Å². The van der Waals surface area contributed by atoms with Crippen LogP contribution in [0.2, 0.25) is 0 Å². The Hall–Kier alpha value is -2.58. The van der Waals surface area contributed by atoms with Crippen LogP contribution in [0, 0.1) is 0 Å². The maximum Gasteiger partial charge on any atom is 0.265 e. The number of anilines is 1. The third-order valence-corrected chi connectivity index (χ3v) is 6.05. The number of hydrogen-bond donors (Lipinski definition) is 1. The number of sulfonamides is 1. The van der Waals surface area contributed by atoms with Gasteiger partial charge in [-0.15, -0.1) is 0 Å². The van der Waals surface area contributed by atoms with Crippen molar-refractivity contribution in [2.24, 2.45) is 0 Å². The number of rotatable bonds is 6. The first kappa shape index (κ1) is 19.2. The van der Waals surface area contributed by atoms with Crippen molar-refractivity contribution in [1.29, 1.82) is 0 Å². The molecule has 1 heterocycles. The first-order valence-corrected chi connectivity index (χ1v) is 10.0. The lowest BCUT2D eigenvalue weighted by Crippen LogP contribution is -2.31. The van der Waals surface area contributed by atoms with Gasteiger partial charge in [0.2, 0.25) is 10.0 Å². The summed E-state index contributed by atoms with van der Waals surface area (Å²) >= 11 is 0. The lowest BCUT2D eigenvalue weighted by Gasteiger charge is -2.17. The van der Waals surface area contributed by atoms with Crippen LogP contribution < -0.4 is 14.8 Å². The summed E-state index contributed by atoms with van der Waals surface area (Å²) in [6, 6.07) is 12.0. The second-order valence-electron chi connectivity index (χ2n) is 6.29. The standard InChI is InChI=1S/C19H22N2O5S/c1-4-25-16-10-9-14(12-18(16)27(23,24)21(2)3)20-19(22)17-11-13-7-5-6-8-15(13)26-17/h5-10,12,17H,4,11H2,1-3H3,(H,20,22). The van der Waals surface area contributed by atoms with E-state index in [0.29, 0.717) is 24.5 Å². The number of benzene rings is 2. The molecule has 1 aliphatic rings. The van der Waals surface area contributed by atoms with Crippen LogP contribution in [-0.2, 0) is 21.2 Å². The summed E-state index contributed by atoms with van der Waals surface area (Å²) in [4.78, 5) is 12.6. The summed E-state index contributed by atoms with van der Waals surface area (Å²) < 4.78 is 37.4. The van der Waals surface area contributed by atoms with E-state index in [-0.39, 0.29) is 16.6 Å². The average molecular weight is 390 g/mol. The normalized spacial score (nSPS) is 15.9. The topological polar surface area (TPSA) is 84.9 Å². The third kappa shape index (κ3) is 3.91. The van der Waals surface area contributed by atoms with Gasteiger partial charge in [0.05, 0.1) is 6.61 Å². The number of amides is 1. The monoisotopic (exact) mass is 390 g/mol. The largest absolute Gasteiger partial charge is 0.492 e. The van der Waals surface area contributed by atoms with Crippen molar-refractivity contribution < 1.29 is 22.7 Å². The van der Waals surface area contributed by atoms with Crippen LogP contribution in [0.4, 0.5) is 5.69 Å². The second-order valence-corrected chi connectivity index (χ2v) is 8.41. The number of hydrogen-bond acceptors (Lipinski definition) is 5. The number of nitrogens with one attached hydrogen (secondary N) is 1. The Morgan fingerprint density at radius 2 is 2.00 bits per heavy atom. The lowest BCUT2D eigenvalue weighted by molar-refractivity contribution is -0.122. The van der Waals surface area contributed by atoms with E-state index in [1.807, 2.05) is 24.3 Å². The van der Waals surface area contributed by atoms with Crippen molar-refractivity contribution in [1.82, 2.24) is 4.31 Å². The maximum atomic E-state index is 12.6. The quantitative estimate of drug-likeness (QED) is 0.818. The summed E-state index contributed by atoms with van der Waals surface area (Å²) in [6.45, 7) is 2.10. The van der Waals surface area contributed by atoms with Crippen molar-refractivity contribution in [3.05, 3.63) is 48.0 Å². The average Bonchev–Trinajstić information content (AvgIpc) is 3.07. The summed E-state index contributed by atoms with van der Waals surface area (Å²) in [5, 5.41) is 2.74. The molecule has 0 spiro atoms. The van der Waals surface area contributed by atoms with Crippen molar-refractivity contribution in [3.8, 4) is 11.5 Å². The highest BCUT2D eigenvalue weighted by Crippen LogP contribution is 2.31. The van der Waals surface area contributed by atoms with E-state index in [1.165, 1.54) is 20.2 Å². The molecule has 1 amide bonds. The molecular weight excluding hydrogens is 368 g/mol.